The molecule has 1 saturated heterocycles. The van der Waals surface area contributed by atoms with Gasteiger partial charge in [0.25, 0.3) is 0 Å². The molecule has 94 valence electrons. The van der Waals surface area contributed by atoms with Crippen molar-refractivity contribution in [1.29, 1.82) is 0 Å². The zero-order chi connectivity index (χ0) is 11.8. The smallest absolute Gasteiger partial charge is 0.222 e. The van der Waals surface area contributed by atoms with E-state index < -0.39 is 0 Å². The van der Waals surface area contributed by atoms with Gasteiger partial charge in [0.2, 0.25) is 5.91 Å². The lowest BCUT2D eigenvalue weighted by atomic mass is 10.1. The summed E-state index contributed by atoms with van der Waals surface area (Å²) in [5.41, 5.74) is 5.54. The first kappa shape index (κ1) is 13.5. The molecule has 1 unspecified atom stereocenters. The lowest BCUT2D eigenvalue weighted by molar-refractivity contribution is -0.138. The fourth-order valence-corrected chi connectivity index (χ4v) is 1.95. The third-order valence-electron chi connectivity index (χ3n) is 3.00. The van der Waals surface area contributed by atoms with Crippen molar-refractivity contribution < 1.29 is 9.53 Å². The minimum absolute atomic E-state index is 0.0355. The lowest BCUT2D eigenvalue weighted by Gasteiger charge is -2.32. The molecule has 1 amide bonds. The highest BCUT2D eigenvalue weighted by Crippen LogP contribution is 2.09. The van der Waals surface area contributed by atoms with Crippen LogP contribution >= 0.6 is 0 Å². The van der Waals surface area contributed by atoms with Gasteiger partial charge in [-0.3, -0.25) is 4.79 Å². The number of ether oxygens (including phenoxy) is 1. The predicted molar refractivity (Wildman–Crippen MR) is 64.1 cm³/mol. The molecule has 0 aromatic heterocycles. The summed E-state index contributed by atoms with van der Waals surface area (Å²) in [6.07, 6.45) is 5.32. The summed E-state index contributed by atoms with van der Waals surface area (Å²) < 4.78 is 5.43. The molecule has 0 radical (unpaired) electrons. The number of hydrogen-bond donors (Lipinski definition) is 1. The summed E-state index contributed by atoms with van der Waals surface area (Å²) in [5, 5.41) is 0. The molecule has 1 rings (SSSR count). The minimum Gasteiger partial charge on any atom is -0.373 e. The Morgan fingerprint density at radius 2 is 2.25 bits per heavy atom. The number of carbonyl (C=O) groups is 1. The zero-order valence-electron chi connectivity index (χ0n) is 10.3. The Kier molecular flexibility index (Phi) is 6.42. The van der Waals surface area contributed by atoms with E-state index in [1.54, 1.807) is 0 Å². The van der Waals surface area contributed by atoms with Gasteiger partial charge >= 0.3 is 0 Å². The summed E-state index contributed by atoms with van der Waals surface area (Å²) >= 11 is 0. The molecule has 1 aliphatic heterocycles. The van der Waals surface area contributed by atoms with Crippen LogP contribution in [0.15, 0.2) is 0 Å². The highest BCUT2D eigenvalue weighted by Gasteiger charge is 2.22. The van der Waals surface area contributed by atoms with E-state index in [0.29, 0.717) is 26.1 Å². The number of nitrogens with zero attached hydrogens (tertiary/aromatic N) is 1. The van der Waals surface area contributed by atoms with Crippen LogP contribution in [0.1, 0.15) is 39.0 Å². The topological polar surface area (TPSA) is 55.6 Å². The number of rotatable bonds is 6. The number of unbranched alkanes of at least 4 members (excludes halogenated alkanes) is 3. The molecular weight excluding hydrogens is 204 g/mol. The van der Waals surface area contributed by atoms with E-state index >= 15 is 0 Å². The third-order valence-corrected chi connectivity index (χ3v) is 3.00. The van der Waals surface area contributed by atoms with Crippen LogP contribution in [0.4, 0.5) is 0 Å². The van der Waals surface area contributed by atoms with Crippen LogP contribution in [0.25, 0.3) is 0 Å². The Morgan fingerprint density at radius 3 is 2.94 bits per heavy atom. The quantitative estimate of drug-likeness (QED) is 0.694. The molecule has 4 nitrogen and oxygen atoms in total. The van der Waals surface area contributed by atoms with Crippen molar-refractivity contribution >= 4 is 5.91 Å². The van der Waals surface area contributed by atoms with E-state index in [2.05, 4.69) is 6.92 Å². The molecule has 0 aromatic rings. The number of hydrogen-bond acceptors (Lipinski definition) is 3. The molecule has 0 aromatic carbocycles. The van der Waals surface area contributed by atoms with Gasteiger partial charge in [0.1, 0.15) is 0 Å². The van der Waals surface area contributed by atoms with Crippen molar-refractivity contribution in [3.63, 3.8) is 0 Å². The van der Waals surface area contributed by atoms with Crippen molar-refractivity contribution in [1.82, 2.24) is 4.90 Å². The van der Waals surface area contributed by atoms with Crippen molar-refractivity contribution in [2.45, 2.75) is 45.1 Å². The van der Waals surface area contributed by atoms with Gasteiger partial charge in [-0.15, -0.1) is 0 Å². The van der Waals surface area contributed by atoms with E-state index in [1.807, 2.05) is 4.90 Å². The van der Waals surface area contributed by atoms with Crippen molar-refractivity contribution in [3.05, 3.63) is 0 Å². The van der Waals surface area contributed by atoms with Crippen LogP contribution in [0.2, 0.25) is 0 Å². The molecule has 4 heteroatoms. The Balaban J connectivity index is 2.19. The molecule has 0 bridgehead atoms. The highest BCUT2D eigenvalue weighted by molar-refractivity contribution is 5.76. The molecule has 2 N–H and O–H groups in total. The van der Waals surface area contributed by atoms with Crippen LogP contribution in [0.5, 0.6) is 0 Å². The standard InChI is InChI=1S/C12H24N2O2/c1-2-3-4-5-6-12(15)14-7-8-16-11(9-13)10-14/h11H,2-10,13H2,1H3. The van der Waals surface area contributed by atoms with E-state index in [-0.39, 0.29) is 12.0 Å². The summed E-state index contributed by atoms with van der Waals surface area (Å²) in [5.74, 6) is 0.262. The molecule has 16 heavy (non-hydrogen) atoms. The van der Waals surface area contributed by atoms with Gasteiger partial charge in [-0.05, 0) is 6.42 Å². The van der Waals surface area contributed by atoms with Crippen LogP contribution < -0.4 is 5.73 Å². The van der Waals surface area contributed by atoms with Gasteiger partial charge < -0.3 is 15.4 Å². The van der Waals surface area contributed by atoms with Gasteiger partial charge in [-0.25, -0.2) is 0 Å². The Bertz CT molecular complexity index is 209. The average Bonchev–Trinajstić information content (AvgIpc) is 2.34. The van der Waals surface area contributed by atoms with Crippen molar-refractivity contribution in [2.75, 3.05) is 26.2 Å². The van der Waals surface area contributed by atoms with Crippen LogP contribution in [-0.2, 0) is 9.53 Å². The largest absolute Gasteiger partial charge is 0.373 e. The number of nitrogens with two attached hydrogens (primary N) is 1. The average molecular weight is 228 g/mol. The summed E-state index contributed by atoms with van der Waals surface area (Å²) in [4.78, 5) is 13.7. The Labute approximate surface area is 98.1 Å². The maximum atomic E-state index is 11.9. The van der Waals surface area contributed by atoms with Crippen molar-refractivity contribution in [2.24, 2.45) is 5.73 Å². The SMILES string of the molecule is CCCCCCC(=O)N1CCOC(CN)C1. The van der Waals surface area contributed by atoms with Crippen LogP contribution in [0.3, 0.4) is 0 Å². The fraction of sp³-hybridized carbons (Fsp3) is 0.917. The second kappa shape index (κ2) is 7.63. The minimum atomic E-state index is 0.0355. The number of morpholine rings is 1. The fourth-order valence-electron chi connectivity index (χ4n) is 1.95. The van der Waals surface area contributed by atoms with E-state index in [0.717, 1.165) is 19.4 Å². The monoisotopic (exact) mass is 228 g/mol. The predicted octanol–water partition coefficient (Wildman–Crippen LogP) is 1.14. The maximum absolute atomic E-state index is 11.9. The van der Waals surface area contributed by atoms with Gasteiger partial charge in [0, 0.05) is 26.1 Å². The first-order valence-electron chi connectivity index (χ1n) is 6.37. The second-order valence-electron chi connectivity index (χ2n) is 4.38. The molecule has 1 atom stereocenters. The molecule has 0 saturated carbocycles. The lowest BCUT2D eigenvalue weighted by Crippen LogP contribution is -2.48. The highest BCUT2D eigenvalue weighted by atomic mass is 16.5. The van der Waals surface area contributed by atoms with Gasteiger partial charge in [-0.2, -0.15) is 0 Å². The first-order chi connectivity index (χ1) is 7.77. The summed E-state index contributed by atoms with van der Waals surface area (Å²) in [7, 11) is 0. The molecular formula is C12H24N2O2. The normalized spacial score (nSPS) is 21.1. The van der Waals surface area contributed by atoms with Gasteiger partial charge in [0.05, 0.1) is 12.7 Å². The maximum Gasteiger partial charge on any atom is 0.222 e. The molecule has 1 aliphatic rings. The molecule has 1 heterocycles. The van der Waals surface area contributed by atoms with Crippen LogP contribution in [0, 0.1) is 0 Å². The second-order valence-corrected chi connectivity index (χ2v) is 4.38. The van der Waals surface area contributed by atoms with E-state index in [9.17, 15) is 4.79 Å². The molecule has 0 aliphatic carbocycles. The number of carbonyl (C=O) groups excluding carboxylic acids is 1. The third kappa shape index (κ3) is 4.49. The van der Waals surface area contributed by atoms with Crippen molar-refractivity contribution in [3.8, 4) is 0 Å². The van der Waals surface area contributed by atoms with E-state index in [1.165, 1.54) is 12.8 Å². The zero-order valence-corrected chi connectivity index (χ0v) is 10.3. The van der Waals surface area contributed by atoms with Gasteiger partial charge in [-0.1, -0.05) is 26.2 Å². The molecule has 1 fully saturated rings. The van der Waals surface area contributed by atoms with E-state index in [4.69, 9.17) is 10.5 Å². The first-order valence-corrected chi connectivity index (χ1v) is 6.37. The van der Waals surface area contributed by atoms with Gasteiger partial charge in [0.15, 0.2) is 0 Å². The summed E-state index contributed by atoms with van der Waals surface area (Å²) in [6.45, 7) is 4.70. The summed E-state index contributed by atoms with van der Waals surface area (Å²) in [6, 6.07) is 0. The number of amides is 1. The Hall–Kier alpha value is -0.610. The molecule has 0 spiro atoms. The Morgan fingerprint density at radius 1 is 1.44 bits per heavy atom. The van der Waals surface area contributed by atoms with Crippen LogP contribution in [-0.4, -0.2) is 43.2 Å².